The highest BCUT2D eigenvalue weighted by atomic mass is 16.2. The molecular weight excluding hydrogens is 366 g/mol. The van der Waals surface area contributed by atoms with E-state index in [1.165, 1.54) is 6.33 Å². The number of anilines is 1. The minimum absolute atomic E-state index is 0.137. The number of aromatic nitrogens is 3. The highest BCUT2D eigenvalue weighted by Gasteiger charge is 2.31. The maximum absolute atomic E-state index is 12.6. The average Bonchev–Trinajstić information content (AvgIpc) is 3.20. The quantitative estimate of drug-likeness (QED) is 0.635. The van der Waals surface area contributed by atoms with Crippen molar-refractivity contribution in [2.24, 2.45) is 5.92 Å². The SMILES string of the molecule is O=C(Nc1cccc(Cn2cncn2)c1)C(=O)NC(c1ccccc1)C1CCC1. The third-order valence-corrected chi connectivity index (χ3v) is 5.27. The fourth-order valence-electron chi connectivity index (χ4n) is 3.55. The Kier molecular flexibility index (Phi) is 5.65. The van der Waals surface area contributed by atoms with Crippen LogP contribution < -0.4 is 10.6 Å². The van der Waals surface area contributed by atoms with E-state index in [0.717, 1.165) is 30.4 Å². The van der Waals surface area contributed by atoms with Crippen molar-refractivity contribution in [3.8, 4) is 0 Å². The summed E-state index contributed by atoms with van der Waals surface area (Å²) in [5, 5.41) is 9.71. The summed E-state index contributed by atoms with van der Waals surface area (Å²) in [4.78, 5) is 29.0. The van der Waals surface area contributed by atoms with Crippen LogP contribution in [-0.4, -0.2) is 26.6 Å². The zero-order chi connectivity index (χ0) is 20.1. The molecule has 0 aliphatic heterocycles. The molecule has 1 aliphatic rings. The second kappa shape index (κ2) is 8.68. The van der Waals surface area contributed by atoms with Crippen molar-refractivity contribution < 1.29 is 9.59 Å². The van der Waals surface area contributed by atoms with Gasteiger partial charge in [-0.1, -0.05) is 48.9 Å². The topological polar surface area (TPSA) is 88.9 Å². The summed E-state index contributed by atoms with van der Waals surface area (Å²) in [5.41, 5.74) is 2.56. The normalized spacial score (nSPS) is 14.6. The van der Waals surface area contributed by atoms with Crippen LogP contribution >= 0.6 is 0 Å². The molecule has 0 saturated heterocycles. The lowest BCUT2D eigenvalue weighted by atomic mass is 9.77. The lowest BCUT2D eigenvalue weighted by Crippen LogP contribution is -2.41. The van der Waals surface area contributed by atoms with Crippen molar-refractivity contribution >= 4 is 17.5 Å². The highest BCUT2D eigenvalue weighted by molar-refractivity contribution is 6.39. The van der Waals surface area contributed by atoms with Gasteiger partial charge in [-0.25, -0.2) is 9.67 Å². The van der Waals surface area contributed by atoms with Crippen molar-refractivity contribution in [1.29, 1.82) is 0 Å². The molecule has 0 radical (unpaired) electrons. The number of nitrogens with zero attached hydrogens (tertiary/aromatic N) is 3. The molecule has 1 aliphatic carbocycles. The Bertz CT molecular complexity index is 968. The number of amides is 2. The number of hydrogen-bond acceptors (Lipinski definition) is 4. The van der Waals surface area contributed by atoms with Crippen molar-refractivity contribution in [1.82, 2.24) is 20.1 Å². The minimum atomic E-state index is -0.664. The maximum atomic E-state index is 12.6. The highest BCUT2D eigenvalue weighted by Crippen LogP contribution is 2.37. The molecule has 3 aromatic rings. The van der Waals surface area contributed by atoms with Crippen LogP contribution in [0.25, 0.3) is 0 Å². The molecule has 1 fully saturated rings. The molecule has 4 rings (SSSR count). The van der Waals surface area contributed by atoms with Gasteiger partial charge in [0.1, 0.15) is 12.7 Å². The zero-order valence-electron chi connectivity index (χ0n) is 16.0. The fourth-order valence-corrected chi connectivity index (χ4v) is 3.55. The van der Waals surface area contributed by atoms with E-state index in [2.05, 4.69) is 20.7 Å². The molecule has 1 atom stereocenters. The first-order chi connectivity index (χ1) is 14.2. The Morgan fingerprint density at radius 3 is 2.59 bits per heavy atom. The Hall–Kier alpha value is -3.48. The van der Waals surface area contributed by atoms with Gasteiger partial charge < -0.3 is 10.6 Å². The Balaban J connectivity index is 1.40. The fraction of sp³-hybridized carbons (Fsp3) is 0.273. The predicted octanol–water partition coefficient (Wildman–Crippen LogP) is 2.92. The lowest BCUT2D eigenvalue weighted by Gasteiger charge is -2.34. The summed E-state index contributed by atoms with van der Waals surface area (Å²) in [6.45, 7) is 0.535. The number of carbonyl (C=O) groups is 2. The van der Waals surface area contributed by atoms with Gasteiger partial charge >= 0.3 is 11.8 Å². The van der Waals surface area contributed by atoms with Crippen molar-refractivity contribution in [3.05, 3.63) is 78.4 Å². The molecule has 7 heteroatoms. The molecule has 7 nitrogen and oxygen atoms in total. The predicted molar refractivity (Wildman–Crippen MR) is 109 cm³/mol. The first-order valence-electron chi connectivity index (χ1n) is 9.77. The molecule has 1 unspecified atom stereocenters. The number of nitrogens with one attached hydrogen (secondary N) is 2. The van der Waals surface area contributed by atoms with E-state index in [1.807, 2.05) is 48.5 Å². The van der Waals surface area contributed by atoms with E-state index in [1.54, 1.807) is 17.1 Å². The smallest absolute Gasteiger partial charge is 0.313 e. The molecule has 1 aromatic heterocycles. The third-order valence-electron chi connectivity index (χ3n) is 5.27. The summed E-state index contributed by atoms with van der Waals surface area (Å²) in [6, 6.07) is 17.1. The summed E-state index contributed by atoms with van der Waals surface area (Å²) in [7, 11) is 0. The summed E-state index contributed by atoms with van der Waals surface area (Å²) in [5.74, 6) is -0.907. The molecule has 0 spiro atoms. The van der Waals surface area contributed by atoms with E-state index < -0.39 is 11.8 Å². The first kappa shape index (κ1) is 18.9. The number of benzene rings is 2. The Morgan fingerprint density at radius 2 is 1.90 bits per heavy atom. The molecule has 1 saturated carbocycles. The average molecular weight is 389 g/mol. The van der Waals surface area contributed by atoms with E-state index in [9.17, 15) is 9.59 Å². The van der Waals surface area contributed by atoms with Crippen LogP contribution in [0.5, 0.6) is 0 Å². The van der Waals surface area contributed by atoms with E-state index in [4.69, 9.17) is 0 Å². The van der Waals surface area contributed by atoms with Crippen molar-refractivity contribution in [2.75, 3.05) is 5.32 Å². The molecule has 2 aromatic carbocycles. The van der Waals surface area contributed by atoms with Gasteiger partial charge in [-0.2, -0.15) is 5.10 Å². The second-order valence-corrected chi connectivity index (χ2v) is 7.30. The minimum Gasteiger partial charge on any atom is -0.341 e. The van der Waals surface area contributed by atoms with Gasteiger partial charge in [0.25, 0.3) is 0 Å². The van der Waals surface area contributed by atoms with E-state index in [0.29, 0.717) is 18.2 Å². The molecule has 2 amide bonds. The van der Waals surface area contributed by atoms with Gasteiger partial charge in [-0.15, -0.1) is 0 Å². The van der Waals surface area contributed by atoms with Gasteiger partial charge in [-0.3, -0.25) is 9.59 Å². The monoisotopic (exact) mass is 389 g/mol. The molecule has 148 valence electrons. The van der Waals surface area contributed by atoms with Crippen LogP contribution in [0.2, 0.25) is 0 Å². The standard InChI is InChI=1S/C22H23N5O2/c28-21(25-19-11-4-6-16(12-19)13-27-15-23-14-24-27)22(29)26-20(18-9-5-10-18)17-7-2-1-3-8-17/h1-4,6-8,11-12,14-15,18,20H,5,9-10,13H2,(H,25,28)(H,26,29). The molecule has 2 N–H and O–H groups in total. The number of hydrogen-bond donors (Lipinski definition) is 2. The van der Waals surface area contributed by atoms with E-state index in [-0.39, 0.29) is 6.04 Å². The van der Waals surface area contributed by atoms with Crippen LogP contribution in [0.15, 0.2) is 67.3 Å². The van der Waals surface area contributed by atoms with Gasteiger partial charge in [0.05, 0.1) is 12.6 Å². The van der Waals surface area contributed by atoms with E-state index >= 15 is 0 Å². The molecule has 1 heterocycles. The van der Waals surface area contributed by atoms with Gasteiger partial charge in [-0.05, 0) is 42.0 Å². The second-order valence-electron chi connectivity index (χ2n) is 7.30. The third kappa shape index (κ3) is 4.68. The summed E-state index contributed by atoms with van der Waals surface area (Å²) in [6.07, 6.45) is 6.39. The van der Waals surface area contributed by atoms with Crippen molar-refractivity contribution in [3.63, 3.8) is 0 Å². The maximum Gasteiger partial charge on any atom is 0.313 e. The Morgan fingerprint density at radius 1 is 1.07 bits per heavy atom. The van der Waals surface area contributed by atoms with Crippen LogP contribution in [0.4, 0.5) is 5.69 Å². The van der Waals surface area contributed by atoms with Crippen LogP contribution in [0.1, 0.15) is 36.4 Å². The zero-order valence-corrected chi connectivity index (χ0v) is 16.0. The number of carbonyl (C=O) groups excluding carboxylic acids is 2. The van der Waals surface area contributed by atoms with Gasteiger partial charge in [0.15, 0.2) is 0 Å². The van der Waals surface area contributed by atoms with Gasteiger partial charge in [0.2, 0.25) is 0 Å². The summed E-state index contributed by atoms with van der Waals surface area (Å²) >= 11 is 0. The van der Waals surface area contributed by atoms with Crippen LogP contribution in [-0.2, 0) is 16.1 Å². The van der Waals surface area contributed by atoms with Crippen LogP contribution in [0.3, 0.4) is 0 Å². The lowest BCUT2D eigenvalue weighted by molar-refractivity contribution is -0.137. The Labute approximate surface area is 169 Å². The van der Waals surface area contributed by atoms with Crippen LogP contribution in [0, 0.1) is 5.92 Å². The first-order valence-corrected chi connectivity index (χ1v) is 9.77. The number of rotatable bonds is 6. The molecular formula is C22H23N5O2. The van der Waals surface area contributed by atoms with Gasteiger partial charge in [0, 0.05) is 5.69 Å². The summed E-state index contributed by atoms with van der Waals surface area (Å²) < 4.78 is 1.69. The van der Waals surface area contributed by atoms with Crippen molar-refractivity contribution in [2.45, 2.75) is 31.8 Å². The molecule has 29 heavy (non-hydrogen) atoms. The largest absolute Gasteiger partial charge is 0.341 e. The molecule has 0 bridgehead atoms.